The molecular weight excluding hydrogens is 264 g/mol. The Balaban J connectivity index is 2.02. The number of aromatic nitrogens is 3. The maximum Gasteiger partial charge on any atom is 0.186 e. The van der Waals surface area contributed by atoms with Gasteiger partial charge >= 0.3 is 0 Å². The molecule has 1 fully saturated rings. The maximum absolute atomic E-state index is 9.99. The molecule has 21 heavy (non-hydrogen) atoms. The Labute approximate surface area is 121 Å². The summed E-state index contributed by atoms with van der Waals surface area (Å²) in [5.41, 5.74) is 2.13. The lowest BCUT2D eigenvalue weighted by Gasteiger charge is -2.10. The van der Waals surface area contributed by atoms with Crippen molar-refractivity contribution in [2.45, 2.75) is 18.8 Å². The van der Waals surface area contributed by atoms with Crippen LogP contribution in [0.3, 0.4) is 0 Å². The van der Waals surface area contributed by atoms with Gasteiger partial charge in [-0.1, -0.05) is 29.5 Å². The van der Waals surface area contributed by atoms with Gasteiger partial charge in [-0.2, -0.15) is 5.26 Å². The first-order valence-electron chi connectivity index (χ1n) is 6.86. The number of hydrogen-bond donors (Lipinski definition) is 1. The summed E-state index contributed by atoms with van der Waals surface area (Å²) in [5, 5.41) is 29.0. The van der Waals surface area contributed by atoms with Crippen LogP contribution in [-0.2, 0) is 0 Å². The van der Waals surface area contributed by atoms with Crippen LogP contribution in [0.15, 0.2) is 36.4 Å². The number of fused-ring (bicyclic) bond motifs is 1. The van der Waals surface area contributed by atoms with Crippen molar-refractivity contribution >= 4 is 10.8 Å². The Hall–Kier alpha value is -2.87. The third-order valence-corrected chi connectivity index (χ3v) is 3.88. The lowest BCUT2D eigenvalue weighted by molar-refractivity contribution is 0.481. The summed E-state index contributed by atoms with van der Waals surface area (Å²) in [4.78, 5) is 0. The van der Waals surface area contributed by atoms with Crippen LogP contribution in [0.5, 0.6) is 5.75 Å². The van der Waals surface area contributed by atoms with Gasteiger partial charge < -0.3 is 5.11 Å². The van der Waals surface area contributed by atoms with Crippen molar-refractivity contribution in [3.8, 4) is 17.5 Å². The molecule has 0 bridgehead atoms. The average molecular weight is 276 g/mol. The molecule has 102 valence electrons. The van der Waals surface area contributed by atoms with E-state index in [4.69, 9.17) is 0 Å². The quantitative estimate of drug-likeness (QED) is 0.781. The molecule has 1 N–H and O–H groups in total. The van der Waals surface area contributed by atoms with E-state index in [9.17, 15) is 10.4 Å². The molecule has 5 nitrogen and oxygen atoms in total. The van der Waals surface area contributed by atoms with Crippen LogP contribution in [0, 0.1) is 11.3 Å². The summed E-state index contributed by atoms with van der Waals surface area (Å²) in [6.07, 6.45) is 2.14. The minimum absolute atomic E-state index is 0.239. The summed E-state index contributed by atoms with van der Waals surface area (Å²) in [6.45, 7) is 0. The molecule has 1 aromatic heterocycles. The smallest absolute Gasteiger partial charge is 0.186 e. The number of benzene rings is 2. The number of rotatable bonds is 2. The minimum atomic E-state index is 0.239. The van der Waals surface area contributed by atoms with E-state index >= 15 is 0 Å². The molecule has 0 saturated heterocycles. The summed E-state index contributed by atoms with van der Waals surface area (Å²) in [6, 6.07) is 13.2. The first-order valence-corrected chi connectivity index (χ1v) is 6.86. The predicted octanol–water partition coefficient (Wildman–Crippen LogP) is 2.88. The van der Waals surface area contributed by atoms with Crippen LogP contribution in [0.2, 0.25) is 0 Å². The van der Waals surface area contributed by atoms with Crippen molar-refractivity contribution in [1.29, 1.82) is 5.26 Å². The molecule has 5 heteroatoms. The average Bonchev–Trinajstić information content (AvgIpc) is 3.26. The molecule has 0 aliphatic heterocycles. The molecule has 3 aromatic rings. The molecule has 1 aliphatic rings. The molecule has 0 amide bonds. The number of phenols is 1. The van der Waals surface area contributed by atoms with Gasteiger partial charge in [-0.15, -0.1) is 5.10 Å². The summed E-state index contributed by atoms with van der Waals surface area (Å²) >= 11 is 0. The normalized spacial score (nSPS) is 14.2. The zero-order valence-corrected chi connectivity index (χ0v) is 11.2. The fourth-order valence-corrected chi connectivity index (χ4v) is 2.73. The van der Waals surface area contributed by atoms with Crippen LogP contribution in [0.25, 0.3) is 16.5 Å². The first kappa shape index (κ1) is 11.9. The molecule has 0 atom stereocenters. The van der Waals surface area contributed by atoms with E-state index in [1.807, 2.05) is 24.3 Å². The highest BCUT2D eigenvalue weighted by Gasteiger charge is 2.32. The van der Waals surface area contributed by atoms with E-state index in [1.54, 1.807) is 16.8 Å². The molecule has 4 rings (SSSR count). The van der Waals surface area contributed by atoms with E-state index in [2.05, 4.69) is 16.4 Å². The highest BCUT2D eigenvalue weighted by molar-refractivity contribution is 5.94. The van der Waals surface area contributed by atoms with E-state index in [0.717, 1.165) is 35.0 Å². The number of aromatic hydroxyl groups is 1. The van der Waals surface area contributed by atoms with E-state index in [-0.39, 0.29) is 5.75 Å². The Kier molecular flexibility index (Phi) is 2.45. The molecule has 2 aromatic carbocycles. The zero-order chi connectivity index (χ0) is 14.4. The number of nitrogens with zero attached hydrogens (tertiary/aromatic N) is 4. The van der Waals surface area contributed by atoms with Crippen molar-refractivity contribution in [2.24, 2.45) is 0 Å². The molecule has 1 heterocycles. The van der Waals surface area contributed by atoms with Crippen LogP contribution in [-0.4, -0.2) is 20.1 Å². The Morgan fingerprint density at radius 2 is 1.90 bits per heavy atom. The molecule has 0 unspecified atom stereocenters. The van der Waals surface area contributed by atoms with Gasteiger partial charge in [0.05, 0.1) is 11.4 Å². The molecular formula is C16H12N4O. The lowest BCUT2D eigenvalue weighted by atomic mass is 10.1. The van der Waals surface area contributed by atoms with Crippen molar-refractivity contribution in [1.82, 2.24) is 15.0 Å². The largest absolute Gasteiger partial charge is 0.507 e. The van der Waals surface area contributed by atoms with Crippen LogP contribution in [0.4, 0.5) is 0 Å². The van der Waals surface area contributed by atoms with E-state index in [0.29, 0.717) is 11.6 Å². The summed E-state index contributed by atoms with van der Waals surface area (Å²) in [7, 11) is 0. The van der Waals surface area contributed by atoms with Crippen molar-refractivity contribution < 1.29 is 5.11 Å². The van der Waals surface area contributed by atoms with Gasteiger partial charge in [0.25, 0.3) is 0 Å². The first-order chi connectivity index (χ1) is 10.3. The van der Waals surface area contributed by atoms with Gasteiger partial charge in [0.1, 0.15) is 11.8 Å². The third kappa shape index (κ3) is 1.77. The predicted molar refractivity (Wildman–Crippen MR) is 77.2 cm³/mol. The third-order valence-electron chi connectivity index (χ3n) is 3.88. The molecule has 1 aliphatic carbocycles. The highest BCUT2D eigenvalue weighted by atomic mass is 16.3. The lowest BCUT2D eigenvalue weighted by Crippen LogP contribution is -2.02. The SMILES string of the molecule is N#Cc1nnn(-c2cccc3c(O)cccc23)c1C1CC1. The second-order valence-corrected chi connectivity index (χ2v) is 5.27. The second kappa shape index (κ2) is 4.32. The standard InChI is InChI=1S/C16H12N4O/c17-9-13-16(10-7-8-10)20(19-18-13)14-5-1-4-12-11(14)3-2-6-15(12)21/h1-6,10,21H,7-8H2. The molecule has 0 spiro atoms. The monoisotopic (exact) mass is 276 g/mol. The molecule has 1 saturated carbocycles. The molecule has 0 radical (unpaired) electrons. The highest BCUT2D eigenvalue weighted by Crippen LogP contribution is 2.42. The Morgan fingerprint density at radius 3 is 2.67 bits per heavy atom. The van der Waals surface area contributed by atoms with Gasteiger partial charge in [-0.3, -0.25) is 0 Å². The summed E-state index contributed by atoms with van der Waals surface area (Å²) < 4.78 is 1.75. The summed E-state index contributed by atoms with van der Waals surface area (Å²) in [5.74, 6) is 0.602. The fourth-order valence-electron chi connectivity index (χ4n) is 2.73. The van der Waals surface area contributed by atoms with Crippen molar-refractivity contribution in [3.63, 3.8) is 0 Å². The van der Waals surface area contributed by atoms with Crippen LogP contribution >= 0.6 is 0 Å². The van der Waals surface area contributed by atoms with E-state index in [1.165, 1.54) is 0 Å². The maximum atomic E-state index is 9.99. The number of nitriles is 1. The van der Waals surface area contributed by atoms with Crippen LogP contribution < -0.4 is 0 Å². The van der Waals surface area contributed by atoms with Gasteiger partial charge in [0.2, 0.25) is 0 Å². The fraction of sp³-hybridized carbons (Fsp3) is 0.188. The topological polar surface area (TPSA) is 74.7 Å². The number of hydrogen-bond acceptors (Lipinski definition) is 4. The Bertz CT molecular complexity index is 887. The van der Waals surface area contributed by atoms with Gasteiger partial charge in [0.15, 0.2) is 5.69 Å². The van der Waals surface area contributed by atoms with Crippen molar-refractivity contribution in [2.75, 3.05) is 0 Å². The van der Waals surface area contributed by atoms with Gasteiger partial charge in [0, 0.05) is 16.7 Å². The van der Waals surface area contributed by atoms with Gasteiger partial charge in [-0.25, -0.2) is 4.68 Å². The van der Waals surface area contributed by atoms with E-state index < -0.39 is 0 Å². The number of phenolic OH excluding ortho intramolecular Hbond substituents is 1. The second-order valence-electron chi connectivity index (χ2n) is 5.27. The minimum Gasteiger partial charge on any atom is -0.507 e. The van der Waals surface area contributed by atoms with Gasteiger partial charge in [-0.05, 0) is 25.0 Å². The zero-order valence-electron chi connectivity index (χ0n) is 11.2. The van der Waals surface area contributed by atoms with Crippen LogP contribution in [0.1, 0.15) is 30.1 Å². The van der Waals surface area contributed by atoms with Crippen molar-refractivity contribution in [3.05, 3.63) is 47.8 Å². The Morgan fingerprint density at radius 1 is 1.14 bits per heavy atom.